The number of rotatable bonds is 3. The Morgan fingerprint density at radius 1 is 1.38 bits per heavy atom. The Morgan fingerprint density at radius 3 is 2.31 bits per heavy atom. The third-order valence-electron chi connectivity index (χ3n) is 3.61. The second-order valence-electron chi connectivity index (χ2n) is 5.37. The quantitative estimate of drug-likeness (QED) is 0.873. The van der Waals surface area contributed by atoms with Crippen molar-refractivity contribution in [3.8, 4) is 0 Å². The molecule has 88 valence electrons. The summed E-state index contributed by atoms with van der Waals surface area (Å²) in [6.45, 7) is 4.51. The van der Waals surface area contributed by atoms with Crippen LogP contribution in [0.25, 0.3) is 0 Å². The van der Waals surface area contributed by atoms with Crippen molar-refractivity contribution in [3.63, 3.8) is 0 Å². The first-order valence-electron chi connectivity index (χ1n) is 5.60. The van der Waals surface area contributed by atoms with Crippen molar-refractivity contribution in [1.82, 2.24) is 0 Å². The van der Waals surface area contributed by atoms with Crippen LogP contribution in [-0.2, 0) is 6.42 Å². The Kier molecular flexibility index (Phi) is 3.22. The van der Waals surface area contributed by atoms with Crippen LogP contribution >= 0.6 is 23.2 Å². The monoisotopic (exact) mass is 257 g/mol. The van der Waals surface area contributed by atoms with Crippen molar-refractivity contribution >= 4 is 23.2 Å². The maximum atomic E-state index is 6.21. The third kappa shape index (κ3) is 2.37. The maximum absolute atomic E-state index is 6.21. The van der Waals surface area contributed by atoms with E-state index in [0.29, 0.717) is 11.3 Å². The number of hydrogen-bond acceptors (Lipinski definition) is 1. The molecule has 1 aromatic rings. The fraction of sp³-hybridized carbons (Fsp3) is 0.538. The lowest BCUT2D eigenvalue weighted by molar-refractivity contribution is 0.476. The topological polar surface area (TPSA) is 26.0 Å². The molecular formula is C13H17Cl2N. The van der Waals surface area contributed by atoms with Crippen LogP contribution in [0, 0.1) is 11.3 Å². The van der Waals surface area contributed by atoms with Crippen LogP contribution in [-0.4, -0.2) is 6.04 Å². The molecule has 1 nitrogen and oxygen atoms in total. The van der Waals surface area contributed by atoms with E-state index in [2.05, 4.69) is 13.8 Å². The summed E-state index contributed by atoms with van der Waals surface area (Å²) in [4.78, 5) is 0. The predicted molar refractivity (Wildman–Crippen MR) is 70.0 cm³/mol. The molecule has 16 heavy (non-hydrogen) atoms. The standard InChI is InChI=1S/C13H17Cl2N/c1-13(2)7-9(13)12(16)6-8-10(14)4-3-5-11(8)15/h3-5,9,12H,6-7,16H2,1-2H3. The van der Waals surface area contributed by atoms with E-state index in [9.17, 15) is 0 Å². The molecule has 1 aliphatic rings. The van der Waals surface area contributed by atoms with E-state index in [1.807, 2.05) is 18.2 Å². The summed E-state index contributed by atoms with van der Waals surface area (Å²) in [6, 6.07) is 5.76. The first-order chi connectivity index (χ1) is 7.42. The molecule has 1 fully saturated rings. The molecule has 1 aliphatic carbocycles. The lowest BCUT2D eigenvalue weighted by Crippen LogP contribution is -2.27. The Morgan fingerprint density at radius 2 is 1.88 bits per heavy atom. The van der Waals surface area contributed by atoms with Crippen LogP contribution in [0.2, 0.25) is 10.0 Å². The fourth-order valence-corrected chi connectivity index (χ4v) is 2.90. The molecule has 0 heterocycles. The number of hydrogen-bond donors (Lipinski definition) is 1. The van der Waals surface area contributed by atoms with Gasteiger partial charge in [0.15, 0.2) is 0 Å². The number of nitrogens with two attached hydrogens (primary N) is 1. The summed E-state index contributed by atoms with van der Waals surface area (Å²) in [6.07, 6.45) is 1.98. The highest BCUT2D eigenvalue weighted by Gasteiger charge is 2.48. The van der Waals surface area contributed by atoms with E-state index in [1.165, 1.54) is 6.42 Å². The molecule has 0 radical (unpaired) electrons. The minimum Gasteiger partial charge on any atom is -0.327 e. The van der Waals surface area contributed by atoms with Gasteiger partial charge in [-0.15, -0.1) is 0 Å². The zero-order valence-electron chi connectivity index (χ0n) is 9.63. The second kappa shape index (κ2) is 4.21. The van der Waals surface area contributed by atoms with Gasteiger partial charge in [0.25, 0.3) is 0 Å². The van der Waals surface area contributed by atoms with E-state index >= 15 is 0 Å². The van der Waals surface area contributed by atoms with E-state index < -0.39 is 0 Å². The highest BCUT2D eigenvalue weighted by Crippen LogP contribution is 2.53. The summed E-state index contributed by atoms with van der Waals surface area (Å²) in [7, 11) is 0. The van der Waals surface area contributed by atoms with Gasteiger partial charge in [0.2, 0.25) is 0 Å². The Bertz CT molecular complexity index is 381. The zero-order valence-corrected chi connectivity index (χ0v) is 11.1. The first-order valence-corrected chi connectivity index (χ1v) is 6.36. The molecule has 0 amide bonds. The largest absolute Gasteiger partial charge is 0.327 e. The molecule has 0 aliphatic heterocycles. The molecule has 3 heteroatoms. The Balaban J connectivity index is 2.10. The van der Waals surface area contributed by atoms with E-state index in [4.69, 9.17) is 28.9 Å². The second-order valence-corrected chi connectivity index (χ2v) is 6.18. The summed E-state index contributed by atoms with van der Waals surface area (Å²) < 4.78 is 0. The molecule has 2 atom stereocenters. The molecular weight excluding hydrogens is 241 g/mol. The van der Waals surface area contributed by atoms with Gasteiger partial charge in [-0.05, 0) is 41.9 Å². The average molecular weight is 258 g/mol. The van der Waals surface area contributed by atoms with Gasteiger partial charge in [-0.3, -0.25) is 0 Å². The minimum atomic E-state index is 0.160. The van der Waals surface area contributed by atoms with Crippen LogP contribution < -0.4 is 5.73 Å². The zero-order chi connectivity index (χ0) is 11.9. The van der Waals surface area contributed by atoms with Crippen LogP contribution in [0.5, 0.6) is 0 Å². The highest BCUT2D eigenvalue weighted by molar-refractivity contribution is 6.36. The van der Waals surface area contributed by atoms with E-state index in [0.717, 1.165) is 22.0 Å². The summed E-state index contributed by atoms with van der Waals surface area (Å²) >= 11 is 12.3. The molecule has 0 spiro atoms. The van der Waals surface area contributed by atoms with Gasteiger partial charge in [0, 0.05) is 16.1 Å². The van der Waals surface area contributed by atoms with E-state index in [-0.39, 0.29) is 6.04 Å². The lowest BCUT2D eigenvalue weighted by Gasteiger charge is -2.15. The summed E-state index contributed by atoms with van der Waals surface area (Å²) in [5.74, 6) is 0.597. The van der Waals surface area contributed by atoms with E-state index in [1.54, 1.807) is 0 Å². The van der Waals surface area contributed by atoms with Crippen molar-refractivity contribution in [2.45, 2.75) is 32.7 Å². The molecule has 1 saturated carbocycles. The maximum Gasteiger partial charge on any atom is 0.0453 e. The predicted octanol–water partition coefficient (Wildman–Crippen LogP) is 3.91. The van der Waals surface area contributed by atoms with Crippen molar-refractivity contribution in [3.05, 3.63) is 33.8 Å². The van der Waals surface area contributed by atoms with Gasteiger partial charge >= 0.3 is 0 Å². The third-order valence-corrected chi connectivity index (χ3v) is 4.32. The van der Waals surface area contributed by atoms with Crippen LogP contribution in [0.1, 0.15) is 25.8 Å². The highest BCUT2D eigenvalue weighted by atomic mass is 35.5. The average Bonchev–Trinajstić information content (AvgIpc) is 2.82. The smallest absolute Gasteiger partial charge is 0.0453 e. The van der Waals surface area contributed by atoms with Crippen LogP contribution in [0.15, 0.2) is 18.2 Å². The number of benzene rings is 1. The van der Waals surface area contributed by atoms with Crippen molar-refractivity contribution < 1.29 is 0 Å². The minimum absolute atomic E-state index is 0.160. The summed E-state index contributed by atoms with van der Waals surface area (Å²) in [5, 5.41) is 1.45. The Hall–Kier alpha value is -0.240. The van der Waals surface area contributed by atoms with Gasteiger partial charge < -0.3 is 5.73 Å². The molecule has 2 unspecified atom stereocenters. The van der Waals surface area contributed by atoms with Gasteiger partial charge in [-0.25, -0.2) is 0 Å². The SMILES string of the molecule is CC1(C)CC1C(N)Cc1c(Cl)cccc1Cl. The van der Waals surface area contributed by atoms with Gasteiger partial charge in [0.1, 0.15) is 0 Å². The van der Waals surface area contributed by atoms with Crippen LogP contribution in [0.3, 0.4) is 0 Å². The summed E-state index contributed by atoms with van der Waals surface area (Å²) in [5.41, 5.74) is 7.59. The molecule has 0 saturated heterocycles. The van der Waals surface area contributed by atoms with Gasteiger partial charge in [-0.1, -0.05) is 43.1 Å². The molecule has 1 aromatic carbocycles. The fourth-order valence-electron chi connectivity index (χ4n) is 2.34. The molecule has 0 bridgehead atoms. The van der Waals surface area contributed by atoms with Gasteiger partial charge in [0.05, 0.1) is 0 Å². The van der Waals surface area contributed by atoms with Gasteiger partial charge in [-0.2, -0.15) is 0 Å². The lowest BCUT2D eigenvalue weighted by atomic mass is 9.98. The first kappa shape index (κ1) is 12.2. The molecule has 2 rings (SSSR count). The molecule has 0 aromatic heterocycles. The van der Waals surface area contributed by atoms with Crippen molar-refractivity contribution in [2.75, 3.05) is 0 Å². The van der Waals surface area contributed by atoms with Crippen LogP contribution in [0.4, 0.5) is 0 Å². The van der Waals surface area contributed by atoms with Crippen molar-refractivity contribution in [1.29, 1.82) is 0 Å². The molecule has 2 N–H and O–H groups in total. The number of halogens is 2. The van der Waals surface area contributed by atoms with Crippen molar-refractivity contribution in [2.24, 2.45) is 17.1 Å². The Labute approximate surface area is 107 Å². The normalized spacial score (nSPS) is 24.2.